The van der Waals surface area contributed by atoms with Crippen molar-refractivity contribution in [3.8, 4) is 0 Å². The van der Waals surface area contributed by atoms with Gasteiger partial charge in [0.05, 0.1) is 6.04 Å². The Balaban J connectivity index is 0.00000115. The molecule has 4 aliphatic rings. The number of aliphatic imine (C=N–C) groups is 1. The van der Waals surface area contributed by atoms with E-state index in [-0.39, 0.29) is 12.4 Å². The molecule has 0 aromatic carbocycles. The lowest BCUT2D eigenvalue weighted by molar-refractivity contribution is 0.553. The summed E-state index contributed by atoms with van der Waals surface area (Å²) in [5, 5.41) is 0. The van der Waals surface area contributed by atoms with Crippen molar-refractivity contribution in [2.75, 3.05) is 6.54 Å². The van der Waals surface area contributed by atoms with Gasteiger partial charge < -0.3 is 4.57 Å². The topological polar surface area (TPSA) is 17.3 Å². The van der Waals surface area contributed by atoms with Crippen LogP contribution in [-0.2, 0) is 19.3 Å². The second kappa shape index (κ2) is 5.01. The van der Waals surface area contributed by atoms with Gasteiger partial charge in [-0.25, -0.2) is 0 Å². The Morgan fingerprint density at radius 2 is 1.81 bits per heavy atom. The van der Waals surface area contributed by atoms with Crippen molar-refractivity contribution < 1.29 is 0 Å². The highest BCUT2D eigenvalue weighted by Crippen LogP contribution is 2.51. The first-order chi connectivity index (χ1) is 9.95. The molecule has 0 saturated heterocycles. The van der Waals surface area contributed by atoms with E-state index in [1.54, 1.807) is 33.7 Å². The van der Waals surface area contributed by atoms with E-state index < -0.39 is 0 Å². The highest BCUT2D eigenvalue weighted by atomic mass is 35.5. The molecule has 0 amide bonds. The van der Waals surface area contributed by atoms with Gasteiger partial charge in [0.25, 0.3) is 0 Å². The summed E-state index contributed by atoms with van der Waals surface area (Å²) < 4.78 is 2.77. The lowest BCUT2D eigenvalue weighted by Crippen LogP contribution is -2.14. The number of halogens is 1. The van der Waals surface area contributed by atoms with Crippen LogP contribution < -0.4 is 0 Å². The summed E-state index contributed by atoms with van der Waals surface area (Å²) in [4.78, 5) is 4.56. The van der Waals surface area contributed by atoms with Crippen molar-refractivity contribution in [2.24, 2.45) is 4.99 Å². The summed E-state index contributed by atoms with van der Waals surface area (Å²) in [5.74, 6) is 0. The minimum absolute atomic E-state index is 0. The largest absolute Gasteiger partial charge is 0.337 e. The zero-order chi connectivity index (χ0) is 13.1. The fourth-order valence-corrected chi connectivity index (χ4v) is 5.09. The Hall–Kier alpha value is -1.02. The molecule has 5 rings (SSSR count). The number of hydrogen-bond donors (Lipinski definition) is 0. The Kier molecular flexibility index (Phi) is 3.25. The molecule has 1 atom stereocenters. The van der Waals surface area contributed by atoms with Gasteiger partial charge in [0, 0.05) is 30.6 Å². The van der Waals surface area contributed by atoms with E-state index >= 15 is 0 Å². The predicted octanol–water partition coefficient (Wildman–Crippen LogP) is 4.30. The van der Waals surface area contributed by atoms with Crippen molar-refractivity contribution in [3.05, 3.63) is 28.1 Å². The molecule has 0 bridgehead atoms. The lowest BCUT2D eigenvalue weighted by Gasteiger charge is -2.22. The third kappa shape index (κ3) is 1.75. The van der Waals surface area contributed by atoms with Crippen LogP contribution in [0.25, 0.3) is 5.57 Å². The van der Waals surface area contributed by atoms with Gasteiger partial charge in [-0.05, 0) is 73.6 Å². The van der Waals surface area contributed by atoms with Crippen molar-refractivity contribution >= 4 is 24.2 Å². The van der Waals surface area contributed by atoms with E-state index in [0.29, 0.717) is 6.04 Å². The number of nitrogens with zero attached hydrogens (tertiary/aromatic N) is 2. The molecular weight excluding hydrogens is 280 g/mol. The Labute approximate surface area is 132 Å². The molecule has 0 spiro atoms. The summed E-state index contributed by atoms with van der Waals surface area (Å²) in [6.45, 7) is 1.01. The first kappa shape index (κ1) is 13.6. The molecule has 21 heavy (non-hydrogen) atoms. The SMILES string of the molecule is C1=NCCC2=C3CCCc4c5c(n(c43)C2C1)CCCC5.Cl. The lowest BCUT2D eigenvalue weighted by atomic mass is 9.84. The highest BCUT2D eigenvalue weighted by Gasteiger charge is 2.38. The number of aromatic nitrogens is 1. The summed E-state index contributed by atoms with van der Waals surface area (Å²) >= 11 is 0. The van der Waals surface area contributed by atoms with Crippen molar-refractivity contribution in [3.63, 3.8) is 0 Å². The van der Waals surface area contributed by atoms with Gasteiger partial charge >= 0.3 is 0 Å². The normalized spacial score (nSPS) is 25.8. The fraction of sp³-hybridized carbons (Fsp3) is 0.611. The minimum Gasteiger partial charge on any atom is -0.337 e. The number of rotatable bonds is 0. The van der Waals surface area contributed by atoms with Crippen LogP contribution in [-0.4, -0.2) is 17.3 Å². The predicted molar refractivity (Wildman–Crippen MR) is 89.8 cm³/mol. The summed E-state index contributed by atoms with van der Waals surface area (Å²) in [7, 11) is 0. The van der Waals surface area contributed by atoms with Crippen molar-refractivity contribution in [2.45, 2.75) is 63.8 Å². The average Bonchev–Trinajstić information content (AvgIpc) is 2.87. The number of allylic oxidation sites excluding steroid dienone is 1. The zero-order valence-corrected chi connectivity index (χ0v) is 13.3. The fourth-order valence-electron chi connectivity index (χ4n) is 5.09. The van der Waals surface area contributed by atoms with Crippen LogP contribution in [0.5, 0.6) is 0 Å². The molecule has 3 heteroatoms. The summed E-state index contributed by atoms with van der Waals surface area (Å²) in [5.41, 5.74) is 10.4. The maximum atomic E-state index is 4.56. The van der Waals surface area contributed by atoms with E-state index in [9.17, 15) is 0 Å². The Morgan fingerprint density at radius 3 is 2.76 bits per heavy atom. The van der Waals surface area contributed by atoms with Crippen LogP contribution in [0.3, 0.4) is 0 Å². The Morgan fingerprint density at radius 1 is 0.952 bits per heavy atom. The van der Waals surface area contributed by atoms with E-state index in [0.717, 1.165) is 13.0 Å². The quantitative estimate of drug-likeness (QED) is 0.680. The van der Waals surface area contributed by atoms with E-state index in [2.05, 4.69) is 15.8 Å². The van der Waals surface area contributed by atoms with Crippen molar-refractivity contribution in [1.82, 2.24) is 4.57 Å². The zero-order valence-electron chi connectivity index (χ0n) is 12.5. The van der Waals surface area contributed by atoms with Crippen LogP contribution in [0, 0.1) is 0 Å². The monoisotopic (exact) mass is 302 g/mol. The minimum atomic E-state index is 0. The molecule has 112 valence electrons. The van der Waals surface area contributed by atoms with Gasteiger partial charge in [0.2, 0.25) is 0 Å². The smallest absolute Gasteiger partial charge is 0.0605 e. The number of fused-ring (bicyclic) bond motifs is 5. The van der Waals surface area contributed by atoms with Gasteiger partial charge in [-0.1, -0.05) is 0 Å². The van der Waals surface area contributed by atoms with Crippen LogP contribution >= 0.6 is 12.4 Å². The van der Waals surface area contributed by atoms with Gasteiger partial charge in [0.15, 0.2) is 0 Å². The summed E-state index contributed by atoms with van der Waals surface area (Å²) in [6.07, 6.45) is 14.0. The maximum Gasteiger partial charge on any atom is 0.0605 e. The maximum absolute atomic E-state index is 4.56. The average molecular weight is 303 g/mol. The first-order valence-electron chi connectivity index (χ1n) is 8.40. The standard InChI is InChI=1S/C18H22N2.ClH/c1-2-7-16-12(4-1)14-5-3-6-15-13-8-10-19-11-9-17(13)20(16)18(14)15;/h11,17H,1-10H2;1H. The molecule has 0 fully saturated rings. The van der Waals surface area contributed by atoms with Crippen LogP contribution in [0.4, 0.5) is 0 Å². The molecular formula is C18H23ClN2. The molecule has 3 heterocycles. The van der Waals surface area contributed by atoms with E-state index in [1.165, 1.54) is 51.4 Å². The molecule has 0 saturated carbocycles. The van der Waals surface area contributed by atoms with Gasteiger partial charge in [-0.15, -0.1) is 12.4 Å². The van der Waals surface area contributed by atoms with Crippen LogP contribution in [0.15, 0.2) is 10.6 Å². The second-order valence-electron chi connectivity index (χ2n) is 6.78. The first-order valence-corrected chi connectivity index (χ1v) is 8.40. The van der Waals surface area contributed by atoms with Crippen LogP contribution in [0.1, 0.15) is 67.1 Å². The van der Waals surface area contributed by atoms with E-state index in [1.807, 2.05) is 0 Å². The van der Waals surface area contributed by atoms with Crippen molar-refractivity contribution in [1.29, 1.82) is 0 Å². The molecule has 1 unspecified atom stereocenters. The molecule has 1 aromatic rings. The third-order valence-corrected chi connectivity index (χ3v) is 5.83. The highest BCUT2D eigenvalue weighted by molar-refractivity contribution is 5.85. The molecule has 0 radical (unpaired) electrons. The van der Waals surface area contributed by atoms with Gasteiger partial charge in [-0.2, -0.15) is 0 Å². The second-order valence-corrected chi connectivity index (χ2v) is 6.78. The number of hydrogen-bond acceptors (Lipinski definition) is 1. The molecule has 2 nitrogen and oxygen atoms in total. The summed E-state index contributed by atoms with van der Waals surface area (Å²) in [6, 6.07) is 0.630. The Bertz CT molecular complexity index is 651. The molecule has 2 aliphatic carbocycles. The van der Waals surface area contributed by atoms with E-state index in [4.69, 9.17) is 0 Å². The molecule has 2 aliphatic heterocycles. The van der Waals surface area contributed by atoms with Gasteiger partial charge in [0.1, 0.15) is 0 Å². The molecule has 0 N–H and O–H groups in total. The van der Waals surface area contributed by atoms with Gasteiger partial charge in [-0.3, -0.25) is 4.99 Å². The third-order valence-electron chi connectivity index (χ3n) is 5.83. The van der Waals surface area contributed by atoms with Crippen LogP contribution in [0.2, 0.25) is 0 Å². The molecule has 1 aromatic heterocycles.